The molecule has 0 aliphatic heterocycles. The minimum Gasteiger partial charge on any atom is -0.388 e. The van der Waals surface area contributed by atoms with Crippen molar-refractivity contribution in [3.05, 3.63) is 48.3 Å². The van der Waals surface area contributed by atoms with E-state index in [-0.39, 0.29) is 17.1 Å². The molecular weight excluding hydrogens is 270 g/mol. The Kier molecular flexibility index (Phi) is 4.55. The third kappa shape index (κ3) is 2.85. The van der Waals surface area contributed by atoms with Gasteiger partial charge in [-0.2, -0.15) is 0 Å². The Hall–Kier alpha value is -1.29. The van der Waals surface area contributed by atoms with Crippen LogP contribution in [-0.2, 0) is 17.1 Å². The molecule has 0 atom stereocenters. The molecule has 0 aliphatic rings. The molecule has 2 aromatic rings. The van der Waals surface area contributed by atoms with Crippen molar-refractivity contribution in [1.82, 2.24) is 9.97 Å². The molecule has 0 bridgehead atoms. The summed E-state index contributed by atoms with van der Waals surface area (Å²) in [5.41, 5.74) is 7.72. The molecule has 2 N–H and O–H groups in total. The van der Waals surface area contributed by atoms with Gasteiger partial charge in [-0.05, 0) is 24.3 Å². The average molecular weight is 279 g/mol. The zero-order valence-corrected chi connectivity index (χ0v) is 9.98. The van der Waals surface area contributed by atoms with Crippen LogP contribution in [0.5, 0.6) is 0 Å². The third-order valence-electron chi connectivity index (χ3n) is 1.93. The van der Waals surface area contributed by atoms with Crippen molar-refractivity contribution in [3.8, 4) is 11.4 Å². The summed E-state index contributed by atoms with van der Waals surface area (Å²) in [7, 11) is 0. The Bertz CT molecular complexity index is 488. The second kappa shape index (κ2) is 5.70. The molecule has 0 saturated carbocycles. The first kappa shape index (κ1) is 12.8. The minimum atomic E-state index is 0. The van der Waals surface area contributed by atoms with E-state index in [1.807, 2.05) is 30.3 Å². The fraction of sp³-hybridized carbons (Fsp3) is 0. The monoisotopic (exact) mass is 278 g/mol. The van der Waals surface area contributed by atoms with Crippen molar-refractivity contribution >= 4 is 17.2 Å². The van der Waals surface area contributed by atoms with Crippen LogP contribution in [0.1, 0.15) is 5.69 Å². The fourth-order valence-corrected chi connectivity index (χ4v) is 1.34. The van der Waals surface area contributed by atoms with E-state index in [2.05, 4.69) is 9.97 Å². The van der Waals surface area contributed by atoms with Crippen LogP contribution >= 0.6 is 12.2 Å². The summed E-state index contributed by atoms with van der Waals surface area (Å²) in [6.07, 6.45) is 1.73. The predicted molar refractivity (Wildman–Crippen MR) is 63.4 cm³/mol. The van der Waals surface area contributed by atoms with Crippen LogP contribution in [-0.4, -0.2) is 15.0 Å². The Labute approximate surface area is 110 Å². The van der Waals surface area contributed by atoms with Crippen molar-refractivity contribution < 1.29 is 17.1 Å². The second-order valence-electron chi connectivity index (χ2n) is 2.99. The van der Waals surface area contributed by atoms with Gasteiger partial charge in [0.15, 0.2) is 0 Å². The summed E-state index contributed by atoms with van der Waals surface area (Å²) in [6, 6.07) is 11.2. The molecule has 0 aliphatic carbocycles. The smallest absolute Gasteiger partial charge is 0.122 e. The van der Waals surface area contributed by atoms with Gasteiger partial charge in [-0.3, -0.25) is 4.98 Å². The molecule has 16 heavy (non-hydrogen) atoms. The number of nitrogens with two attached hydrogens (primary N) is 1. The number of thiocarbonyl (C=S) groups is 1. The largest absolute Gasteiger partial charge is 0.388 e. The maximum Gasteiger partial charge on any atom is 0.122 e. The van der Waals surface area contributed by atoms with Gasteiger partial charge >= 0.3 is 0 Å². The van der Waals surface area contributed by atoms with Crippen LogP contribution in [0, 0.1) is 0 Å². The van der Waals surface area contributed by atoms with Gasteiger partial charge in [0, 0.05) is 23.3 Å². The number of nitrogens with zero attached hydrogens (tertiary/aromatic N) is 2. The van der Waals surface area contributed by atoms with Crippen LogP contribution in [0.15, 0.2) is 42.6 Å². The average Bonchev–Trinajstić information content (AvgIpc) is 2.30. The zero-order valence-electron chi connectivity index (χ0n) is 8.22. The van der Waals surface area contributed by atoms with Gasteiger partial charge in [-0.25, -0.2) is 4.98 Å². The standard InChI is InChI=1S/C11H9N3S.Cu/c12-11(15)10-6-3-5-9(14-10)8-4-1-2-7-13-8;/h1-7H,(H2,12,15);. The van der Waals surface area contributed by atoms with Crippen LogP contribution in [0.3, 0.4) is 0 Å². The molecule has 0 aromatic carbocycles. The molecular formula is C11H9CuN3S. The molecule has 0 amide bonds. The normalized spacial score (nSPS) is 9.25. The molecule has 5 heteroatoms. The first-order chi connectivity index (χ1) is 7.27. The number of hydrogen-bond donors (Lipinski definition) is 1. The van der Waals surface area contributed by atoms with E-state index < -0.39 is 0 Å². The van der Waals surface area contributed by atoms with Gasteiger partial charge in [-0.1, -0.05) is 24.4 Å². The Balaban J connectivity index is 0.00000128. The molecule has 0 saturated heterocycles. The Morgan fingerprint density at radius 3 is 2.44 bits per heavy atom. The molecule has 2 heterocycles. The van der Waals surface area contributed by atoms with Crippen molar-refractivity contribution in [2.24, 2.45) is 5.73 Å². The maximum absolute atomic E-state index is 5.51. The molecule has 3 nitrogen and oxygen atoms in total. The van der Waals surface area contributed by atoms with Crippen LogP contribution in [0.25, 0.3) is 11.4 Å². The van der Waals surface area contributed by atoms with Crippen LogP contribution in [0.2, 0.25) is 0 Å². The number of aromatic nitrogens is 2. The number of pyridine rings is 2. The summed E-state index contributed by atoms with van der Waals surface area (Å²) < 4.78 is 0. The second-order valence-corrected chi connectivity index (χ2v) is 3.43. The van der Waals surface area contributed by atoms with Crippen molar-refractivity contribution in [2.75, 3.05) is 0 Å². The summed E-state index contributed by atoms with van der Waals surface area (Å²) in [6.45, 7) is 0. The summed E-state index contributed by atoms with van der Waals surface area (Å²) in [5.74, 6) is 0. The van der Waals surface area contributed by atoms with E-state index >= 15 is 0 Å². The van der Waals surface area contributed by atoms with Gasteiger partial charge in [-0.15, -0.1) is 0 Å². The predicted octanol–water partition coefficient (Wildman–Crippen LogP) is 1.78. The summed E-state index contributed by atoms with van der Waals surface area (Å²) in [4.78, 5) is 8.82. The summed E-state index contributed by atoms with van der Waals surface area (Å²) >= 11 is 4.87. The molecule has 1 radical (unpaired) electrons. The Morgan fingerprint density at radius 2 is 1.81 bits per heavy atom. The first-order valence-electron chi connectivity index (χ1n) is 4.45. The van der Waals surface area contributed by atoms with E-state index in [0.717, 1.165) is 11.4 Å². The minimum absolute atomic E-state index is 0. The van der Waals surface area contributed by atoms with Gasteiger partial charge in [0.05, 0.1) is 17.1 Å². The van der Waals surface area contributed by atoms with E-state index in [0.29, 0.717) is 10.7 Å². The first-order valence-corrected chi connectivity index (χ1v) is 4.86. The fourth-order valence-electron chi connectivity index (χ4n) is 1.23. The SMILES string of the molecule is NC(=S)c1cccc(-c2ccccn2)n1.[Cu]. The number of rotatable bonds is 2. The molecule has 85 valence electrons. The number of hydrogen-bond acceptors (Lipinski definition) is 3. The summed E-state index contributed by atoms with van der Waals surface area (Å²) in [5, 5.41) is 0. The van der Waals surface area contributed by atoms with Crippen LogP contribution < -0.4 is 5.73 Å². The van der Waals surface area contributed by atoms with E-state index in [1.165, 1.54) is 0 Å². The van der Waals surface area contributed by atoms with Gasteiger partial charge < -0.3 is 5.73 Å². The van der Waals surface area contributed by atoms with Crippen LogP contribution in [0.4, 0.5) is 0 Å². The molecule has 0 spiro atoms. The van der Waals surface area contributed by atoms with Crippen molar-refractivity contribution in [2.45, 2.75) is 0 Å². The van der Waals surface area contributed by atoms with E-state index in [9.17, 15) is 0 Å². The molecule has 0 unspecified atom stereocenters. The molecule has 2 aromatic heterocycles. The van der Waals surface area contributed by atoms with E-state index in [1.54, 1.807) is 12.3 Å². The maximum atomic E-state index is 5.51. The zero-order chi connectivity index (χ0) is 10.7. The quantitative estimate of drug-likeness (QED) is 0.672. The molecule has 0 fully saturated rings. The van der Waals surface area contributed by atoms with Crippen molar-refractivity contribution in [3.63, 3.8) is 0 Å². The third-order valence-corrected chi connectivity index (χ3v) is 2.14. The van der Waals surface area contributed by atoms with Gasteiger partial charge in [0.1, 0.15) is 4.99 Å². The van der Waals surface area contributed by atoms with Crippen molar-refractivity contribution in [1.29, 1.82) is 0 Å². The van der Waals surface area contributed by atoms with E-state index in [4.69, 9.17) is 18.0 Å². The van der Waals surface area contributed by atoms with Gasteiger partial charge in [0.2, 0.25) is 0 Å². The Morgan fingerprint density at radius 1 is 1.06 bits per heavy atom. The van der Waals surface area contributed by atoms with Gasteiger partial charge in [0.25, 0.3) is 0 Å². The topological polar surface area (TPSA) is 51.8 Å². The molecule has 2 rings (SSSR count).